The molecule has 0 aliphatic rings. The van der Waals surface area contributed by atoms with E-state index in [0.717, 1.165) is 17.7 Å². The van der Waals surface area contributed by atoms with Crippen LogP contribution in [0, 0.1) is 0 Å². The number of carbonyl (C=O) groups excluding carboxylic acids is 1. The van der Waals surface area contributed by atoms with Gasteiger partial charge in [0.15, 0.2) is 11.5 Å². The molecule has 0 N–H and O–H groups in total. The van der Waals surface area contributed by atoms with Gasteiger partial charge in [-0.3, -0.25) is 4.79 Å². The molecule has 7 heteroatoms. The number of ether oxygens (including phenoxy) is 6. The number of hydrogen-bond donors (Lipinski definition) is 0. The number of rotatable bonds is 13. The lowest BCUT2D eigenvalue weighted by atomic mass is 10.1. The molecule has 0 saturated heterocycles. The molecule has 0 atom stereocenters. The minimum absolute atomic E-state index is 0.183. The summed E-state index contributed by atoms with van der Waals surface area (Å²) in [6.45, 7) is 3.21. The maximum atomic E-state index is 12.0. The van der Waals surface area contributed by atoms with Crippen LogP contribution in [0.4, 0.5) is 0 Å². The first-order valence-corrected chi connectivity index (χ1v) is 9.91. The number of carbonyl (C=O) groups is 1. The van der Waals surface area contributed by atoms with Crippen LogP contribution in [0.15, 0.2) is 36.4 Å². The fourth-order valence-corrected chi connectivity index (χ4v) is 2.77. The normalized spacial score (nSPS) is 10.3. The summed E-state index contributed by atoms with van der Waals surface area (Å²) in [6, 6.07) is 11.0. The third-order valence-corrected chi connectivity index (χ3v) is 4.25. The van der Waals surface area contributed by atoms with Gasteiger partial charge < -0.3 is 28.4 Å². The van der Waals surface area contributed by atoms with Gasteiger partial charge in [0.25, 0.3) is 0 Å². The van der Waals surface area contributed by atoms with Gasteiger partial charge in [0.05, 0.1) is 27.9 Å². The van der Waals surface area contributed by atoms with E-state index in [2.05, 4.69) is 6.92 Å². The lowest BCUT2D eigenvalue weighted by Gasteiger charge is -2.14. The summed E-state index contributed by atoms with van der Waals surface area (Å²) in [6.07, 6.45) is 1.70. The first-order chi connectivity index (χ1) is 14.6. The standard InChI is InChI=1S/C23H30O7/c1-5-12-28-18-7-9-19(10-8-18)29-13-14-30-22(24)11-6-17-15-20(25-2)23(27-4)21(16-17)26-3/h7-10,15-16H,5-6,11-14H2,1-4H3. The molecule has 7 nitrogen and oxygen atoms in total. The quantitative estimate of drug-likeness (QED) is 0.359. The smallest absolute Gasteiger partial charge is 0.306 e. The Morgan fingerprint density at radius 2 is 1.37 bits per heavy atom. The molecule has 2 aromatic carbocycles. The Hall–Kier alpha value is -3.09. The summed E-state index contributed by atoms with van der Waals surface area (Å²) in [5.74, 6) is 2.85. The number of hydrogen-bond acceptors (Lipinski definition) is 7. The Labute approximate surface area is 177 Å². The van der Waals surface area contributed by atoms with E-state index in [1.165, 1.54) is 0 Å². The van der Waals surface area contributed by atoms with Crippen molar-refractivity contribution in [3.63, 3.8) is 0 Å². The molecule has 0 heterocycles. The van der Waals surface area contributed by atoms with E-state index in [0.29, 0.717) is 36.0 Å². The highest BCUT2D eigenvalue weighted by atomic mass is 16.6. The Balaban J connectivity index is 1.74. The second-order valence-electron chi connectivity index (χ2n) is 6.42. The zero-order valence-corrected chi connectivity index (χ0v) is 18.1. The monoisotopic (exact) mass is 418 g/mol. The Bertz CT molecular complexity index is 762. The van der Waals surface area contributed by atoms with Crippen LogP contribution >= 0.6 is 0 Å². The van der Waals surface area contributed by atoms with E-state index in [1.54, 1.807) is 21.3 Å². The SMILES string of the molecule is CCCOc1ccc(OCCOC(=O)CCc2cc(OC)c(OC)c(OC)c2)cc1. The predicted octanol–water partition coefficient (Wildman–Crippen LogP) is 4.06. The number of aryl methyl sites for hydroxylation is 1. The number of benzene rings is 2. The van der Waals surface area contributed by atoms with Crippen molar-refractivity contribution < 1.29 is 33.2 Å². The molecule has 0 unspecified atom stereocenters. The van der Waals surface area contributed by atoms with Gasteiger partial charge in [0.2, 0.25) is 5.75 Å². The molecule has 0 aliphatic carbocycles. The summed E-state index contributed by atoms with van der Waals surface area (Å²) in [5, 5.41) is 0. The van der Waals surface area contributed by atoms with E-state index in [-0.39, 0.29) is 25.6 Å². The van der Waals surface area contributed by atoms with Gasteiger partial charge in [-0.1, -0.05) is 6.92 Å². The average Bonchev–Trinajstić information content (AvgIpc) is 2.78. The summed E-state index contributed by atoms with van der Waals surface area (Å²) in [4.78, 5) is 12.0. The highest BCUT2D eigenvalue weighted by Crippen LogP contribution is 2.38. The zero-order valence-electron chi connectivity index (χ0n) is 18.1. The molecule has 0 spiro atoms. The molecule has 0 amide bonds. The third-order valence-electron chi connectivity index (χ3n) is 4.25. The Morgan fingerprint density at radius 3 is 1.87 bits per heavy atom. The minimum atomic E-state index is -0.296. The van der Waals surface area contributed by atoms with E-state index < -0.39 is 0 Å². The predicted molar refractivity (Wildman–Crippen MR) is 113 cm³/mol. The van der Waals surface area contributed by atoms with Gasteiger partial charge in [-0.2, -0.15) is 0 Å². The van der Waals surface area contributed by atoms with Crippen molar-refractivity contribution in [1.29, 1.82) is 0 Å². The van der Waals surface area contributed by atoms with Crippen molar-refractivity contribution in [3.05, 3.63) is 42.0 Å². The first kappa shape index (κ1) is 23.2. The molecule has 0 aromatic heterocycles. The summed E-state index contributed by atoms with van der Waals surface area (Å²) < 4.78 is 32.3. The Kier molecular flexibility index (Phi) is 9.64. The molecule has 164 valence electrons. The second kappa shape index (κ2) is 12.5. The molecule has 2 aromatic rings. The summed E-state index contributed by atoms with van der Waals surface area (Å²) >= 11 is 0. The van der Waals surface area contributed by atoms with Gasteiger partial charge in [-0.15, -0.1) is 0 Å². The topological polar surface area (TPSA) is 72.5 Å². The molecule has 0 radical (unpaired) electrons. The van der Waals surface area contributed by atoms with E-state index in [9.17, 15) is 4.79 Å². The van der Waals surface area contributed by atoms with Crippen LogP contribution < -0.4 is 23.7 Å². The maximum absolute atomic E-state index is 12.0. The number of methoxy groups -OCH3 is 3. The van der Waals surface area contributed by atoms with Crippen molar-refractivity contribution in [2.75, 3.05) is 41.2 Å². The number of esters is 1. The molecule has 0 saturated carbocycles. The third kappa shape index (κ3) is 7.06. The van der Waals surface area contributed by atoms with Gasteiger partial charge in [-0.05, 0) is 54.8 Å². The molecule has 0 bridgehead atoms. The van der Waals surface area contributed by atoms with Crippen molar-refractivity contribution in [3.8, 4) is 28.7 Å². The van der Waals surface area contributed by atoms with Crippen molar-refractivity contribution >= 4 is 5.97 Å². The summed E-state index contributed by atoms with van der Waals surface area (Å²) in [5.41, 5.74) is 0.892. The van der Waals surface area contributed by atoms with Gasteiger partial charge in [0.1, 0.15) is 24.7 Å². The Morgan fingerprint density at radius 1 is 0.800 bits per heavy atom. The first-order valence-electron chi connectivity index (χ1n) is 9.91. The van der Waals surface area contributed by atoms with Crippen LogP contribution in [0.1, 0.15) is 25.3 Å². The lowest BCUT2D eigenvalue weighted by molar-refractivity contribution is -0.144. The van der Waals surface area contributed by atoms with E-state index in [4.69, 9.17) is 28.4 Å². The van der Waals surface area contributed by atoms with Crippen molar-refractivity contribution in [2.24, 2.45) is 0 Å². The molecular weight excluding hydrogens is 388 g/mol. The van der Waals surface area contributed by atoms with Crippen LogP contribution in [-0.4, -0.2) is 47.1 Å². The molecule has 2 rings (SSSR count). The van der Waals surface area contributed by atoms with E-state index in [1.807, 2.05) is 36.4 Å². The molecular formula is C23H30O7. The van der Waals surface area contributed by atoms with Gasteiger partial charge in [-0.25, -0.2) is 0 Å². The van der Waals surface area contributed by atoms with Crippen LogP contribution in [0.3, 0.4) is 0 Å². The van der Waals surface area contributed by atoms with Gasteiger partial charge in [0, 0.05) is 6.42 Å². The van der Waals surface area contributed by atoms with Crippen LogP contribution in [-0.2, 0) is 16.0 Å². The minimum Gasteiger partial charge on any atom is -0.494 e. The lowest BCUT2D eigenvalue weighted by Crippen LogP contribution is -2.12. The van der Waals surface area contributed by atoms with Crippen molar-refractivity contribution in [2.45, 2.75) is 26.2 Å². The average molecular weight is 418 g/mol. The molecule has 0 fully saturated rings. The largest absolute Gasteiger partial charge is 0.494 e. The second-order valence-corrected chi connectivity index (χ2v) is 6.42. The van der Waals surface area contributed by atoms with Crippen LogP contribution in [0.5, 0.6) is 28.7 Å². The fourth-order valence-electron chi connectivity index (χ4n) is 2.77. The molecule has 30 heavy (non-hydrogen) atoms. The van der Waals surface area contributed by atoms with E-state index >= 15 is 0 Å². The maximum Gasteiger partial charge on any atom is 0.306 e. The molecule has 0 aliphatic heterocycles. The zero-order chi connectivity index (χ0) is 21.8. The van der Waals surface area contributed by atoms with Crippen molar-refractivity contribution in [1.82, 2.24) is 0 Å². The summed E-state index contributed by atoms with van der Waals surface area (Å²) in [7, 11) is 4.66. The van der Waals surface area contributed by atoms with Gasteiger partial charge >= 0.3 is 5.97 Å². The fraction of sp³-hybridized carbons (Fsp3) is 0.435. The highest BCUT2D eigenvalue weighted by molar-refractivity contribution is 5.70. The van der Waals surface area contributed by atoms with Crippen LogP contribution in [0.2, 0.25) is 0 Å². The highest BCUT2D eigenvalue weighted by Gasteiger charge is 2.14. The van der Waals surface area contributed by atoms with Crippen LogP contribution in [0.25, 0.3) is 0 Å².